The summed E-state index contributed by atoms with van der Waals surface area (Å²) < 4.78 is 19.0. The SMILES string of the molecule is OCc1cc(F)ccc1N1CCOc2ccccc2C1. The number of para-hydroxylation sites is 1. The topological polar surface area (TPSA) is 32.7 Å². The summed E-state index contributed by atoms with van der Waals surface area (Å²) in [6, 6.07) is 12.4. The van der Waals surface area contributed by atoms with Crippen molar-refractivity contribution >= 4 is 5.69 Å². The summed E-state index contributed by atoms with van der Waals surface area (Å²) in [4.78, 5) is 2.11. The van der Waals surface area contributed by atoms with E-state index >= 15 is 0 Å². The number of halogens is 1. The van der Waals surface area contributed by atoms with Gasteiger partial charge in [-0.15, -0.1) is 0 Å². The third-order valence-electron chi connectivity index (χ3n) is 3.51. The van der Waals surface area contributed by atoms with Gasteiger partial charge in [-0.1, -0.05) is 18.2 Å². The monoisotopic (exact) mass is 273 g/mol. The maximum absolute atomic E-state index is 13.3. The molecule has 1 aliphatic heterocycles. The number of aliphatic hydroxyl groups excluding tert-OH is 1. The van der Waals surface area contributed by atoms with Crippen LogP contribution in [-0.2, 0) is 13.2 Å². The second kappa shape index (κ2) is 5.51. The highest BCUT2D eigenvalue weighted by molar-refractivity contribution is 5.55. The van der Waals surface area contributed by atoms with Crippen molar-refractivity contribution in [1.82, 2.24) is 0 Å². The number of benzene rings is 2. The lowest BCUT2D eigenvalue weighted by molar-refractivity contribution is 0.281. The van der Waals surface area contributed by atoms with Crippen LogP contribution in [0.25, 0.3) is 0 Å². The molecule has 2 aromatic rings. The van der Waals surface area contributed by atoms with Crippen LogP contribution in [0, 0.1) is 5.82 Å². The minimum Gasteiger partial charge on any atom is -0.491 e. The van der Waals surface area contributed by atoms with E-state index in [1.54, 1.807) is 6.07 Å². The van der Waals surface area contributed by atoms with E-state index in [2.05, 4.69) is 4.90 Å². The number of anilines is 1. The second-order valence-electron chi connectivity index (χ2n) is 4.81. The van der Waals surface area contributed by atoms with E-state index in [1.807, 2.05) is 24.3 Å². The Kier molecular flexibility index (Phi) is 3.56. The Morgan fingerprint density at radius 2 is 2.05 bits per heavy atom. The number of hydrogen-bond donors (Lipinski definition) is 1. The van der Waals surface area contributed by atoms with Crippen LogP contribution in [0.4, 0.5) is 10.1 Å². The number of aliphatic hydroxyl groups is 1. The lowest BCUT2D eigenvalue weighted by Crippen LogP contribution is -2.26. The van der Waals surface area contributed by atoms with Gasteiger partial charge >= 0.3 is 0 Å². The van der Waals surface area contributed by atoms with E-state index in [0.29, 0.717) is 25.3 Å². The van der Waals surface area contributed by atoms with Gasteiger partial charge in [0, 0.05) is 23.4 Å². The van der Waals surface area contributed by atoms with Crippen LogP contribution in [0.1, 0.15) is 11.1 Å². The normalized spacial score (nSPS) is 14.4. The molecule has 0 unspecified atom stereocenters. The molecule has 0 amide bonds. The fourth-order valence-electron chi connectivity index (χ4n) is 2.52. The first-order valence-corrected chi connectivity index (χ1v) is 6.63. The zero-order valence-electron chi connectivity index (χ0n) is 11.1. The van der Waals surface area contributed by atoms with E-state index in [1.165, 1.54) is 12.1 Å². The smallest absolute Gasteiger partial charge is 0.124 e. The van der Waals surface area contributed by atoms with Gasteiger partial charge in [0.2, 0.25) is 0 Å². The zero-order valence-corrected chi connectivity index (χ0v) is 11.1. The highest BCUT2D eigenvalue weighted by Crippen LogP contribution is 2.28. The third-order valence-corrected chi connectivity index (χ3v) is 3.51. The Bertz CT molecular complexity index is 615. The predicted molar refractivity (Wildman–Crippen MR) is 75.3 cm³/mol. The summed E-state index contributed by atoms with van der Waals surface area (Å²) in [7, 11) is 0. The van der Waals surface area contributed by atoms with E-state index in [9.17, 15) is 9.50 Å². The highest BCUT2D eigenvalue weighted by atomic mass is 19.1. The van der Waals surface area contributed by atoms with Crippen molar-refractivity contribution in [1.29, 1.82) is 0 Å². The van der Waals surface area contributed by atoms with Crippen LogP contribution in [-0.4, -0.2) is 18.3 Å². The number of hydrogen-bond acceptors (Lipinski definition) is 3. The van der Waals surface area contributed by atoms with Gasteiger partial charge in [0.25, 0.3) is 0 Å². The molecule has 104 valence electrons. The molecule has 1 heterocycles. The molecule has 0 spiro atoms. The van der Waals surface area contributed by atoms with Crippen LogP contribution in [0.5, 0.6) is 5.75 Å². The van der Waals surface area contributed by atoms with E-state index in [4.69, 9.17) is 4.74 Å². The quantitative estimate of drug-likeness (QED) is 0.913. The van der Waals surface area contributed by atoms with Crippen LogP contribution >= 0.6 is 0 Å². The standard InChI is InChI=1S/C16H16FNO2/c17-14-5-6-15(13(9-14)11-19)18-7-8-20-16-4-2-1-3-12(16)10-18/h1-6,9,19H,7-8,10-11H2. The molecule has 0 atom stereocenters. The fraction of sp³-hybridized carbons (Fsp3) is 0.250. The largest absolute Gasteiger partial charge is 0.491 e. The Balaban J connectivity index is 1.95. The molecule has 1 aliphatic rings. The van der Waals surface area contributed by atoms with Gasteiger partial charge in [-0.3, -0.25) is 0 Å². The maximum atomic E-state index is 13.3. The van der Waals surface area contributed by atoms with E-state index < -0.39 is 0 Å². The molecule has 0 saturated heterocycles. The summed E-state index contributed by atoms with van der Waals surface area (Å²) in [6.45, 7) is 1.79. The Labute approximate surface area is 117 Å². The molecule has 20 heavy (non-hydrogen) atoms. The molecular formula is C16H16FNO2. The molecule has 1 N–H and O–H groups in total. The van der Waals surface area contributed by atoms with Crippen LogP contribution in [0.3, 0.4) is 0 Å². The summed E-state index contributed by atoms with van der Waals surface area (Å²) >= 11 is 0. The minimum absolute atomic E-state index is 0.175. The van der Waals surface area contributed by atoms with Gasteiger partial charge in [0.15, 0.2) is 0 Å². The highest BCUT2D eigenvalue weighted by Gasteiger charge is 2.17. The van der Waals surface area contributed by atoms with Crippen LogP contribution < -0.4 is 9.64 Å². The van der Waals surface area contributed by atoms with Crippen molar-refractivity contribution in [3.63, 3.8) is 0 Å². The number of fused-ring (bicyclic) bond motifs is 1. The second-order valence-corrected chi connectivity index (χ2v) is 4.81. The van der Waals surface area contributed by atoms with Gasteiger partial charge < -0.3 is 14.7 Å². The Morgan fingerprint density at radius 1 is 1.20 bits per heavy atom. The zero-order chi connectivity index (χ0) is 13.9. The van der Waals surface area contributed by atoms with E-state index in [0.717, 1.165) is 17.0 Å². The first-order chi connectivity index (χ1) is 9.78. The molecule has 0 radical (unpaired) electrons. The molecule has 3 rings (SSSR count). The summed E-state index contributed by atoms with van der Waals surface area (Å²) in [5.41, 5.74) is 2.55. The number of rotatable bonds is 2. The average molecular weight is 273 g/mol. The third kappa shape index (κ3) is 2.47. The molecular weight excluding hydrogens is 257 g/mol. The molecule has 0 aliphatic carbocycles. The number of ether oxygens (including phenoxy) is 1. The fourth-order valence-corrected chi connectivity index (χ4v) is 2.52. The molecule has 3 nitrogen and oxygen atoms in total. The van der Waals surface area contributed by atoms with Crippen molar-refractivity contribution in [2.24, 2.45) is 0 Å². The first-order valence-electron chi connectivity index (χ1n) is 6.63. The van der Waals surface area contributed by atoms with Crippen molar-refractivity contribution < 1.29 is 14.2 Å². The van der Waals surface area contributed by atoms with Crippen molar-refractivity contribution in [3.05, 3.63) is 59.4 Å². The lowest BCUT2D eigenvalue weighted by Gasteiger charge is -2.24. The summed E-state index contributed by atoms with van der Waals surface area (Å²) in [6.07, 6.45) is 0. The van der Waals surface area contributed by atoms with Crippen molar-refractivity contribution in [2.75, 3.05) is 18.1 Å². The van der Waals surface area contributed by atoms with E-state index in [-0.39, 0.29) is 12.4 Å². The van der Waals surface area contributed by atoms with Gasteiger partial charge in [-0.25, -0.2) is 4.39 Å². The van der Waals surface area contributed by atoms with Crippen LogP contribution in [0.2, 0.25) is 0 Å². The average Bonchev–Trinajstić information content (AvgIpc) is 2.69. The summed E-state index contributed by atoms with van der Waals surface area (Å²) in [5.74, 6) is 0.562. The van der Waals surface area contributed by atoms with Gasteiger partial charge in [-0.2, -0.15) is 0 Å². The molecule has 0 saturated carbocycles. The maximum Gasteiger partial charge on any atom is 0.124 e. The molecule has 0 bridgehead atoms. The molecule has 2 aromatic carbocycles. The molecule has 0 fully saturated rings. The number of nitrogens with zero attached hydrogens (tertiary/aromatic N) is 1. The molecule has 0 aromatic heterocycles. The summed E-state index contributed by atoms with van der Waals surface area (Å²) in [5, 5.41) is 9.41. The van der Waals surface area contributed by atoms with Crippen LogP contribution in [0.15, 0.2) is 42.5 Å². The lowest BCUT2D eigenvalue weighted by atomic mass is 10.1. The van der Waals surface area contributed by atoms with Crippen molar-refractivity contribution in [2.45, 2.75) is 13.2 Å². The van der Waals surface area contributed by atoms with Crippen molar-refractivity contribution in [3.8, 4) is 5.75 Å². The van der Waals surface area contributed by atoms with Gasteiger partial charge in [0.05, 0.1) is 13.2 Å². The van der Waals surface area contributed by atoms with Gasteiger partial charge in [-0.05, 0) is 24.3 Å². The Hall–Kier alpha value is -2.07. The Morgan fingerprint density at radius 3 is 2.90 bits per heavy atom. The first kappa shape index (κ1) is 12.9. The molecule has 4 heteroatoms. The predicted octanol–water partition coefficient (Wildman–Crippen LogP) is 2.72. The van der Waals surface area contributed by atoms with Gasteiger partial charge in [0.1, 0.15) is 18.2 Å². The minimum atomic E-state index is -0.329.